The number of aliphatic hydroxyl groups is 1. The predicted molar refractivity (Wildman–Crippen MR) is 86.3 cm³/mol. The summed E-state index contributed by atoms with van der Waals surface area (Å²) in [6.45, 7) is 5.38. The molecule has 0 bridgehead atoms. The highest BCUT2D eigenvalue weighted by atomic mass is 31.2. The van der Waals surface area contributed by atoms with E-state index in [1.165, 1.54) is 10.8 Å². The number of H-pyrrole nitrogens is 1. The number of hydrogen-bond acceptors (Lipinski definition) is 7. The highest BCUT2D eigenvalue weighted by Crippen LogP contribution is 2.50. The van der Waals surface area contributed by atoms with E-state index in [4.69, 9.17) is 13.8 Å². The van der Waals surface area contributed by atoms with Gasteiger partial charge in [0, 0.05) is 18.2 Å². The zero-order chi connectivity index (χ0) is 17.9. The van der Waals surface area contributed by atoms with Crippen LogP contribution in [0.2, 0.25) is 0 Å². The van der Waals surface area contributed by atoms with Gasteiger partial charge in [0.1, 0.15) is 6.23 Å². The highest BCUT2D eigenvalue weighted by Gasteiger charge is 2.41. The Morgan fingerprint density at radius 3 is 2.58 bits per heavy atom. The Balaban J connectivity index is 2.18. The zero-order valence-electron chi connectivity index (χ0n) is 13.9. The highest BCUT2D eigenvalue weighted by molar-refractivity contribution is 7.53. The second-order valence-corrected chi connectivity index (χ2v) is 7.64. The summed E-state index contributed by atoms with van der Waals surface area (Å²) in [6, 6.07) is 0. The van der Waals surface area contributed by atoms with Crippen LogP contribution in [0.25, 0.3) is 0 Å². The van der Waals surface area contributed by atoms with E-state index < -0.39 is 37.3 Å². The van der Waals surface area contributed by atoms with Gasteiger partial charge in [-0.1, -0.05) is 0 Å². The Morgan fingerprint density at radius 2 is 2.00 bits per heavy atom. The number of rotatable bonds is 7. The van der Waals surface area contributed by atoms with Gasteiger partial charge in [-0.25, -0.2) is 4.79 Å². The third-order valence-electron chi connectivity index (χ3n) is 3.72. The molecule has 1 aliphatic heterocycles. The number of aryl methyl sites for hydroxylation is 1. The van der Waals surface area contributed by atoms with E-state index in [9.17, 15) is 19.3 Å². The van der Waals surface area contributed by atoms with Crippen LogP contribution in [-0.4, -0.2) is 46.2 Å². The van der Waals surface area contributed by atoms with Gasteiger partial charge in [-0.15, -0.1) is 0 Å². The SMILES string of the molecule is CCOP(=O)(C[C@H]1OC(n2cc(C)c(=O)[nH]c2=O)C[C@H]1O)OCC. The van der Waals surface area contributed by atoms with Crippen LogP contribution in [0, 0.1) is 6.92 Å². The lowest BCUT2D eigenvalue weighted by molar-refractivity contribution is -0.0115. The van der Waals surface area contributed by atoms with Crippen molar-refractivity contribution in [2.45, 2.75) is 45.6 Å². The van der Waals surface area contributed by atoms with Crippen molar-refractivity contribution in [1.82, 2.24) is 9.55 Å². The van der Waals surface area contributed by atoms with Gasteiger partial charge in [0.25, 0.3) is 5.56 Å². The summed E-state index contributed by atoms with van der Waals surface area (Å²) in [6.07, 6.45) is -1.07. The monoisotopic (exact) mass is 362 g/mol. The summed E-state index contributed by atoms with van der Waals surface area (Å²) in [5.41, 5.74) is -0.741. The van der Waals surface area contributed by atoms with Gasteiger partial charge in [-0.2, -0.15) is 0 Å². The summed E-state index contributed by atoms with van der Waals surface area (Å²) in [5.74, 6) is 0. The topological polar surface area (TPSA) is 120 Å². The number of nitrogens with zero attached hydrogens (tertiary/aromatic N) is 1. The first-order chi connectivity index (χ1) is 11.3. The van der Waals surface area contributed by atoms with E-state index in [0.29, 0.717) is 5.56 Å². The molecule has 0 aromatic carbocycles. The lowest BCUT2D eigenvalue weighted by Crippen LogP contribution is -2.33. The lowest BCUT2D eigenvalue weighted by Gasteiger charge is -2.22. The van der Waals surface area contributed by atoms with Gasteiger partial charge < -0.3 is 18.9 Å². The standard InChI is InChI=1S/C14H23N2O7P/c1-4-21-24(20,22-5-2)8-11-10(17)6-12(23-11)16-7-9(3)13(18)15-14(16)19/h7,10-12,17H,4-6,8H2,1-3H3,(H,15,18,19)/t10-,11-,12?/m1/s1. The van der Waals surface area contributed by atoms with E-state index in [2.05, 4.69) is 4.98 Å². The van der Waals surface area contributed by atoms with Crippen molar-refractivity contribution in [2.75, 3.05) is 19.4 Å². The maximum absolute atomic E-state index is 12.6. The Kier molecular flexibility index (Phi) is 6.17. The fourth-order valence-electron chi connectivity index (χ4n) is 2.61. The van der Waals surface area contributed by atoms with E-state index in [1.54, 1.807) is 20.8 Å². The second kappa shape index (κ2) is 7.76. The first kappa shape index (κ1) is 19.1. The Labute approximate surface area is 139 Å². The third kappa shape index (κ3) is 4.23. The van der Waals surface area contributed by atoms with Crippen LogP contribution >= 0.6 is 7.60 Å². The fraction of sp³-hybridized carbons (Fsp3) is 0.714. The first-order valence-corrected chi connectivity index (χ1v) is 9.56. The minimum atomic E-state index is -3.38. The molecule has 24 heavy (non-hydrogen) atoms. The van der Waals surface area contributed by atoms with Crippen LogP contribution in [0.1, 0.15) is 32.1 Å². The molecular formula is C14H23N2O7P. The molecule has 2 rings (SSSR count). The molecule has 1 aromatic heterocycles. The van der Waals surface area contributed by atoms with E-state index >= 15 is 0 Å². The average molecular weight is 362 g/mol. The van der Waals surface area contributed by atoms with Gasteiger partial charge in [-0.05, 0) is 20.8 Å². The van der Waals surface area contributed by atoms with Crippen molar-refractivity contribution in [3.63, 3.8) is 0 Å². The molecule has 2 N–H and O–H groups in total. The molecule has 1 saturated heterocycles. The molecule has 0 amide bonds. The third-order valence-corrected chi connectivity index (χ3v) is 5.83. The van der Waals surface area contributed by atoms with Crippen LogP contribution < -0.4 is 11.2 Å². The number of hydrogen-bond donors (Lipinski definition) is 2. The molecule has 0 aliphatic carbocycles. The predicted octanol–water partition coefficient (Wildman–Crippen LogP) is 0.760. The molecule has 1 aliphatic rings. The number of nitrogens with one attached hydrogen (secondary N) is 1. The largest absolute Gasteiger partial charge is 0.390 e. The Morgan fingerprint density at radius 1 is 1.38 bits per heavy atom. The molecule has 1 fully saturated rings. The van der Waals surface area contributed by atoms with Gasteiger partial charge in [-0.3, -0.25) is 18.9 Å². The quantitative estimate of drug-likeness (QED) is 0.687. The van der Waals surface area contributed by atoms with Crippen LogP contribution in [0.15, 0.2) is 15.8 Å². The van der Waals surface area contributed by atoms with Gasteiger partial charge in [0.15, 0.2) is 0 Å². The second-order valence-electron chi connectivity index (χ2n) is 5.54. The van der Waals surface area contributed by atoms with Gasteiger partial charge in [0.2, 0.25) is 0 Å². The van der Waals surface area contributed by atoms with Crippen LogP contribution in [0.4, 0.5) is 0 Å². The van der Waals surface area contributed by atoms with Crippen LogP contribution in [-0.2, 0) is 18.3 Å². The molecule has 9 nitrogen and oxygen atoms in total. The molecule has 0 spiro atoms. The van der Waals surface area contributed by atoms with Crippen molar-refractivity contribution in [3.05, 3.63) is 32.6 Å². The molecule has 2 heterocycles. The van der Waals surface area contributed by atoms with E-state index in [0.717, 1.165) is 0 Å². The molecule has 1 aromatic rings. The maximum atomic E-state index is 12.6. The minimum absolute atomic E-state index is 0.108. The normalized spacial score (nSPS) is 24.4. The van der Waals surface area contributed by atoms with Crippen molar-refractivity contribution < 1.29 is 23.5 Å². The fourth-order valence-corrected chi connectivity index (χ4v) is 4.45. The van der Waals surface area contributed by atoms with Crippen molar-refractivity contribution in [1.29, 1.82) is 0 Å². The molecule has 136 valence electrons. The smallest absolute Gasteiger partial charge is 0.333 e. The molecule has 0 radical (unpaired) electrons. The summed E-state index contributed by atoms with van der Waals surface area (Å²) in [4.78, 5) is 25.6. The van der Waals surface area contributed by atoms with Crippen molar-refractivity contribution >= 4 is 7.60 Å². The first-order valence-electron chi connectivity index (χ1n) is 7.83. The molecule has 1 unspecified atom stereocenters. The zero-order valence-corrected chi connectivity index (χ0v) is 14.8. The molecule has 3 atom stereocenters. The summed E-state index contributed by atoms with van der Waals surface area (Å²) in [5, 5.41) is 10.2. The minimum Gasteiger partial charge on any atom is -0.390 e. The summed E-state index contributed by atoms with van der Waals surface area (Å²) >= 11 is 0. The number of aromatic nitrogens is 2. The Bertz CT molecular complexity index is 719. The van der Waals surface area contributed by atoms with E-state index in [-0.39, 0.29) is 25.8 Å². The van der Waals surface area contributed by atoms with E-state index in [1.807, 2.05) is 0 Å². The van der Waals surface area contributed by atoms with Crippen LogP contribution in [0.5, 0.6) is 0 Å². The van der Waals surface area contributed by atoms with Gasteiger partial charge in [0.05, 0.1) is 31.6 Å². The van der Waals surface area contributed by atoms with Crippen molar-refractivity contribution in [2.24, 2.45) is 0 Å². The molecule has 0 saturated carbocycles. The number of ether oxygens (including phenoxy) is 1. The van der Waals surface area contributed by atoms with Crippen LogP contribution in [0.3, 0.4) is 0 Å². The number of aromatic amines is 1. The summed E-state index contributed by atoms with van der Waals surface area (Å²) in [7, 11) is -3.38. The van der Waals surface area contributed by atoms with Crippen molar-refractivity contribution in [3.8, 4) is 0 Å². The lowest BCUT2D eigenvalue weighted by atomic mass is 10.2. The average Bonchev–Trinajstić information content (AvgIpc) is 2.84. The molecule has 10 heteroatoms. The maximum Gasteiger partial charge on any atom is 0.333 e. The van der Waals surface area contributed by atoms with Gasteiger partial charge >= 0.3 is 13.3 Å². The Hall–Kier alpha value is -1.25. The molecular weight excluding hydrogens is 339 g/mol. The number of aliphatic hydroxyl groups excluding tert-OH is 1. The summed E-state index contributed by atoms with van der Waals surface area (Å²) < 4.78 is 29.9.